The molecule has 1 aromatic carbocycles. The zero-order valence-corrected chi connectivity index (χ0v) is 14.9. The van der Waals surface area contributed by atoms with E-state index in [0.29, 0.717) is 6.61 Å². The van der Waals surface area contributed by atoms with Gasteiger partial charge < -0.3 is 4.74 Å². The summed E-state index contributed by atoms with van der Waals surface area (Å²) in [5.41, 5.74) is 4.70. The van der Waals surface area contributed by atoms with E-state index >= 15 is 0 Å². The molecule has 0 bridgehead atoms. The van der Waals surface area contributed by atoms with Gasteiger partial charge in [0.2, 0.25) is 5.90 Å². The lowest BCUT2D eigenvalue weighted by atomic mass is 9.99. The highest BCUT2D eigenvalue weighted by Gasteiger charge is 2.28. The van der Waals surface area contributed by atoms with E-state index < -0.39 is 0 Å². The molecule has 0 fully saturated rings. The number of allylic oxidation sites excluding steroid dienone is 6. The minimum Gasteiger partial charge on any atom is -0.475 e. The van der Waals surface area contributed by atoms with E-state index in [0.717, 1.165) is 17.9 Å². The van der Waals surface area contributed by atoms with Crippen LogP contribution in [0.2, 0.25) is 0 Å². The van der Waals surface area contributed by atoms with Gasteiger partial charge in [0.1, 0.15) is 6.61 Å². The predicted octanol–water partition coefficient (Wildman–Crippen LogP) is 5.56. The summed E-state index contributed by atoms with van der Waals surface area (Å²) in [6.07, 6.45) is 9.77. The van der Waals surface area contributed by atoms with Gasteiger partial charge in [-0.15, -0.1) is 0 Å². The third-order valence-corrected chi connectivity index (χ3v) is 3.72. The van der Waals surface area contributed by atoms with Crippen LogP contribution in [-0.4, -0.2) is 18.0 Å². The van der Waals surface area contributed by atoms with Crippen molar-refractivity contribution in [2.45, 2.75) is 46.6 Å². The van der Waals surface area contributed by atoms with E-state index in [1.807, 2.05) is 19.9 Å². The van der Waals surface area contributed by atoms with E-state index in [4.69, 9.17) is 9.73 Å². The van der Waals surface area contributed by atoms with Crippen molar-refractivity contribution in [2.75, 3.05) is 6.61 Å². The number of ether oxygens (including phenoxy) is 1. The van der Waals surface area contributed by atoms with E-state index in [9.17, 15) is 0 Å². The van der Waals surface area contributed by atoms with Crippen LogP contribution in [0.5, 0.6) is 0 Å². The average molecular weight is 309 g/mol. The number of rotatable bonds is 2. The maximum atomic E-state index is 5.82. The number of nitrogens with zero attached hydrogens (tertiary/aromatic N) is 1. The highest BCUT2D eigenvalue weighted by Crippen LogP contribution is 2.28. The Balaban J connectivity index is 0.000000924. The summed E-state index contributed by atoms with van der Waals surface area (Å²) in [5.74, 6) is 0.759. The van der Waals surface area contributed by atoms with Gasteiger partial charge in [0.05, 0.1) is 5.54 Å². The van der Waals surface area contributed by atoms with E-state index in [2.05, 4.69) is 63.3 Å². The summed E-state index contributed by atoms with van der Waals surface area (Å²) in [6.45, 7) is 11.0. The van der Waals surface area contributed by atoms with Gasteiger partial charge in [-0.3, -0.25) is 0 Å². The Morgan fingerprint density at radius 1 is 1.04 bits per heavy atom. The summed E-state index contributed by atoms with van der Waals surface area (Å²) < 4.78 is 5.82. The molecule has 1 aliphatic carbocycles. The molecular formula is C21H27NO. The molecule has 1 aliphatic heterocycles. The van der Waals surface area contributed by atoms with Crippen LogP contribution in [0.4, 0.5) is 0 Å². The fourth-order valence-corrected chi connectivity index (χ4v) is 2.55. The molecule has 2 nitrogen and oxygen atoms in total. The lowest BCUT2D eigenvalue weighted by Crippen LogP contribution is -2.17. The normalized spacial score (nSPS) is 18.7. The van der Waals surface area contributed by atoms with E-state index in [1.165, 1.54) is 16.7 Å². The highest BCUT2D eigenvalue weighted by atomic mass is 16.5. The zero-order chi connectivity index (χ0) is 16.9. The number of aliphatic imine (C=N–C) groups is 1. The van der Waals surface area contributed by atoms with Crippen molar-refractivity contribution >= 4 is 11.5 Å². The number of benzene rings is 1. The van der Waals surface area contributed by atoms with Crippen molar-refractivity contribution in [3.63, 3.8) is 0 Å². The first-order chi connectivity index (χ1) is 11.1. The molecule has 3 rings (SSSR count). The maximum absolute atomic E-state index is 5.82. The number of hydrogen-bond acceptors (Lipinski definition) is 2. The monoisotopic (exact) mass is 309 g/mol. The molecule has 122 valence electrons. The summed E-state index contributed by atoms with van der Waals surface area (Å²) in [5, 5.41) is 0. The van der Waals surface area contributed by atoms with Gasteiger partial charge in [-0.25, -0.2) is 4.99 Å². The van der Waals surface area contributed by atoms with Crippen LogP contribution in [0.25, 0.3) is 5.57 Å². The molecule has 0 amide bonds. The SMILES string of the molecule is CC.CC1=CC=C(c2ccccc2C2=NC(C)(C)CO2)C=CC1. The fourth-order valence-electron chi connectivity index (χ4n) is 2.55. The molecule has 0 spiro atoms. The third kappa shape index (κ3) is 4.22. The molecule has 2 aliphatic rings. The van der Waals surface area contributed by atoms with Crippen molar-refractivity contribution in [1.29, 1.82) is 0 Å². The Labute approximate surface area is 140 Å². The van der Waals surface area contributed by atoms with Crippen molar-refractivity contribution in [1.82, 2.24) is 0 Å². The van der Waals surface area contributed by atoms with Crippen molar-refractivity contribution in [3.05, 3.63) is 65.3 Å². The quantitative estimate of drug-likeness (QED) is 0.701. The lowest BCUT2D eigenvalue weighted by molar-refractivity contribution is 0.279. The maximum Gasteiger partial charge on any atom is 0.217 e. The minimum absolute atomic E-state index is 0.132. The topological polar surface area (TPSA) is 21.6 Å². The van der Waals surface area contributed by atoms with Crippen LogP contribution >= 0.6 is 0 Å². The highest BCUT2D eigenvalue weighted by molar-refractivity contribution is 6.01. The Morgan fingerprint density at radius 3 is 2.39 bits per heavy atom. The molecule has 1 aromatic rings. The van der Waals surface area contributed by atoms with E-state index in [1.54, 1.807) is 0 Å². The molecule has 0 saturated carbocycles. The first kappa shape index (κ1) is 17.3. The summed E-state index contributed by atoms with van der Waals surface area (Å²) in [6, 6.07) is 8.33. The first-order valence-corrected chi connectivity index (χ1v) is 8.42. The Kier molecular flexibility index (Phi) is 5.59. The molecule has 0 unspecified atom stereocenters. The largest absolute Gasteiger partial charge is 0.475 e. The van der Waals surface area contributed by atoms with Crippen LogP contribution in [0.3, 0.4) is 0 Å². The fraction of sp³-hybridized carbons (Fsp3) is 0.381. The standard InChI is InChI=1S/C19H21NO.C2H6/c1-14-7-6-8-15(12-11-14)16-9-4-5-10-17(16)18-20-19(2,3)13-21-18;1-2/h4-6,8-12H,7,13H2,1-3H3;1-2H3. The molecule has 0 N–H and O–H groups in total. The summed E-state index contributed by atoms with van der Waals surface area (Å²) >= 11 is 0. The minimum atomic E-state index is -0.132. The molecule has 1 heterocycles. The second-order valence-electron chi connectivity index (χ2n) is 6.31. The van der Waals surface area contributed by atoms with Gasteiger partial charge >= 0.3 is 0 Å². The van der Waals surface area contributed by atoms with Crippen molar-refractivity contribution < 1.29 is 4.74 Å². The predicted molar refractivity (Wildman–Crippen MR) is 99.8 cm³/mol. The van der Waals surface area contributed by atoms with Crippen LogP contribution < -0.4 is 0 Å². The Hall–Kier alpha value is -2.09. The second-order valence-corrected chi connectivity index (χ2v) is 6.31. The molecule has 23 heavy (non-hydrogen) atoms. The van der Waals surface area contributed by atoms with Gasteiger partial charge in [0.15, 0.2) is 0 Å². The lowest BCUT2D eigenvalue weighted by Gasteiger charge is -2.09. The van der Waals surface area contributed by atoms with Crippen molar-refractivity contribution in [3.8, 4) is 0 Å². The number of hydrogen-bond donors (Lipinski definition) is 0. The third-order valence-electron chi connectivity index (χ3n) is 3.72. The summed E-state index contributed by atoms with van der Waals surface area (Å²) in [4.78, 5) is 4.71. The Bertz CT molecular complexity index is 675. The van der Waals surface area contributed by atoms with Crippen LogP contribution in [0.1, 0.15) is 52.2 Å². The summed E-state index contributed by atoms with van der Waals surface area (Å²) in [7, 11) is 0. The first-order valence-electron chi connectivity index (χ1n) is 8.42. The smallest absolute Gasteiger partial charge is 0.217 e. The molecule has 0 radical (unpaired) electrons. The molecule has 0 saturated heterocycles. The molecular weight excluding hydrogens is 282 g/mol. The van der Waals surface area contributed by atoms with Gasteiger partial charge in [-0.05, 0) is 44.4 Å². The van der Waals surface area contributed by atoms with Crippen LogP contribution in [0, 0.1) is 0 Å². The van der Waals surface area contributed by atoms with Crippen LogP contribution in [0.15, 0.2) is 59.1 Å². The average Bonchev–Trinajstić information content (AvgIpc) is 2.78. The Morgan fingerprint density at radius 2 is 1.74 bits per heavy atom. The van der Waals surface area contributed by atoms with Gasteiger partial charge in [-0.2, -0.15) is 0 Å². The van der Waals surface area contributed by atoms with Gasteiger partial charge in [0, 0.05) is 5.56 Å². The molecule has 0 aromatic heterocycles. The van der Waals surface area contributed by atoms with Gasteiger partial charge in [-0.1, -0.05) is 61.9 Å². The van der Waals surface area contributed by atoms with Crippen LogP contribution in [-0.2, 0) is 4.74 Å². The molecule has 0 atom stereocenters. The zero-order valence-electron chi connectivity index (χ0n) is 14.9. The van der Waals surface area contributed by atoms with E-state index in [-0.39, 0.29) is 5.54 Å². The van der Waals surface area contributed by atoms with Crippen molar-refractivity contribution in [2.24, 2.45) is 4.99 Å². The molecule has 2 heteroatoms. The second kappa shape index (κ2) is 7.45. The van der Waals surface area contributed by atoms with Gasteiger partial charge in [0.25, 0.3) is 0 Å².